The van der Waals surface area contributed by atoms with Crippen LogP contribution >= 0.6 is 15.9 Å². The number of nitrogens with one attached hydrogen (secondary N) is 1. The van der Waals surface area contributed by atoms with Crippen molar-refractivity contribution in [2.45, 2.75) is 6.42 Å². The molecule has 0 aromatic carbocycles. The van der Waals surface area contributed by atoms with E-state index in [1.54, 1.807) is 0 Å². The normalized spacial score (nSPS) is 10.9. The molecular formula is C6H8BrN3. The standard InChI is InChI=1S/C6H8BrN3/c7-4-2-1-3-6-8-5-9-10-6/h1,3,5H,2,4H2,(H,8,9,10). The van der Waals surface area contributed by atoms with Gasteiger partial charge >= 0.3 is 0 Å². The minimum atomic E-state index is 0.806. The van der Waals surface area contributed by atoms with Gasteiger partial charge in [-0.15, -0.1) is 0 Å². The van der Waals surface area contributed by atoms with Crippen LogP contribution in [0.25, 0.3) is 6.08 Å². The van der Waals surface area contributed by atoms with E-state index in [-0.39, 0.29) is 0 Å². The highest BCUT2D eigenvalue weighted by molar-refractivity contribution is 9.09. The Balaban J connectivity index is 2.40. The zero-order chi connectivity index (χ0) is 7.23. The average molecular weight is 202 g/mol. The van der Waals surface area contributed by atoms with Crippen molar-refractivity contribution in [2.24, 2.45) is 0 Å². The summed E-state index contributed by atoms with van der Waals surface area (Å²) in [5, 5.41) is 7.42. The molecule has 54 valence electrons. The van der Waals surface area contributed by atoms with E-state index in [0.29, 0.717) is 0 Å². The fourth-order valence-corrected chi connectivity index (χ4v) is 0.818. The molecule has 0 spiro atoms. The van der Waals surface area contributed by atoms with Crippen molar-refractivity contribution in [1.29, 1.82) is 0 Å². The highest BCUT2D eigenvalue weighted by Crippen LogP contribution is 1.94. The predicted octanol–water partition coefficient (Wildman–Crippen LogP) is 1.60. The summed E-state index contributed by atoms with van der Waals surface area (Å²) in [4.78, 5) is 3.92. The molecule has 1 rings (SSSR count). The molecule has 0 unspecified atom stereocenters. The van der Waals surface area contributed by atoms with Gasteiger partial charge in [0.1, 0.15) is 12.2 Å². The monoisotopic (exact) mass is 201 g/mol. The molecule has 1 aromatic heterocycles. The van der Waals surface area contributed by atoms with Crippen molar-refractivity contribution in [3.8, 4) is 0 Å². The summed E-state index contributed by atoms with van der Waals surface area (Å²) in [6.07, 6.45) is 6.46. The summed E-state index contributed by atoms with van der Waals surface area (Å²) in [6.45, 7) is 0. The van der Waals surface area contributed by atoms with Crippen molar-refractivity contribution in [3.05, 3.63) is 18.2 Å². The smallest absolute Gasteiger partial charge is 0.147 e. The maximum Gasteiger partial charge on any atom is 0.147 e. The SMILES string of the molecule is BrCCC=Cc1ncn[nH]1. The molecule has 4 heteroatoms. The van der Waals surface area contributed by atoms with Crippen molar-refractivity contribution in [2.75, 3.05) is 5.33 Å². The first-order valence-electron chi connectivity index (χ1n) is 3.01. The van der Waals surface area contributed by atoms with Gasteiger partial charge in [-0.25, -0.2) is 4.98 Å². The predicted molar refractivity (Wildman–Crippen MR) is 43.8 cm³/mol. The fraction of sp³-hybridized carbons (Fsp3) is 0.333. The third-order valence-electron chi connectivity index (χ3n) is 0.985. The molecule has 0 aliphatic heterocycles. The van der Waals surface area contributed by atoms with Gasteiger partial charge in [0.2, 0.25) is 0 Å². The zero-order valence-electron chi connectivity index (χ0n) is 5.42. The zero-order valence-corrected chi connectivity index (χ0v) is 7.00. The van der Waals surface area contributed by atoms with Crippen LogP contribution < -0.4 is 0 Å². The Hall–Kier alpha value is -0.640. The second-order valence-electron chi connectivity index (χ2n) is 1.75. The van der Waals surface area contributed by atoms with Crippen LogP contribution in [-0.4, -0.2) is 20.5 Å². The summed E-state index contributed by atoms with van der Waals surface area (Å²) < 4.78 is 0. The number of alkyl halides is 1. The van der Waals surface area contributed by atoms with Crippen LogP contribution in [0.4, 0.5) is 0 Å². The van der Waals surface area contributed by atoms with Crippen LogP contribution in [0.5, 0.6) is 0 Å². The quantitative estimate of drug-likeness (QED) is 0.756. The maximum atomic E-state index is 3.92. The lowest BCUT2D eigenvalue weighted by Gasteiger charge is -1.81. The van der Waals surface area contributed by atoms with Gasteiger partial charge < -0.3 is 0 Å². The number of allylic oxidation sites excluding steroid dienone is 1. The van der Waals surface area contributed by atoms with Crippen LogP contribution in [-0.2, 0) is 0 Å². The molecule has 0 bridgehead atoms. The Labute approximate surface area is 67.7 Å². The molecule has 0 saturated heterocycles. The molecule has 0 aliphatic rings. The molecule has 0 atom stereocenters. The molecule has 0 fully saturated rings. The first-order chi connectivity index (χ1) is 4.93. The number of hydrogen-bond acceptors (Lipinski definition) is 2. The van der Waals surface area contributed by atoms with E-state index < -0.39 is 0 Å². The number of halogens is 1. The lowest BCUT2D eigenvalue weighted by molar-refractivity contribution is 1.08. The Morgan fingerprint density at radius 1 is 1.70 bits per heavy atom. The van der Waals surface area contributed by atoms with Gasteiger partial charge in [0, 0.05) is 5.33 Å². The fourth-order valence-electron chi connectivity index (χ4n) is 0.553. The molecule has 3 nitrogen and oxygen atoms in total. The summed E-state index contributed by atoms with van der Waals surface area (Å²) in [5.74, 6) is 0.806. The van der Waals surface area contributed by atoms with Gasteiger partial charge in [-0.1, -0.05) is 22.0 Å². The van der Waals surface area contributed by atoms with E-state index in [2.05, 4.69) is 31.1 Å². The molecule has 0 radical (unpaired) electrons. The first kappa shape index (κ1) is 7.47. The Morgan fingerprint density at radius 2 is 2.60 bits per heavy atom. The van der Waals surface area contributed by atoms with Gasteiger partial charge in [0.15, 0.2) is 0 Å². The average Bonchev–Trinajstić information content (AvgIpc) is 2.41. The minimum Gasteiger partial charge on any atom is -0.260 e. The number of rotatable bonds is 3. The highest BCUT2D eigenvalue weighted by Gasteiger charge is 1.84. The third kappa shape index (κ3) is 2.31. The van der Waals surface area contributed by atoms with E-state index in [9.17, 15) is 0 Å². The molecule has 0 aliphatic carbocycles. The van der Waals surface area contributed by atoms with Crippen LogP contribution in [0, 0.1) is 0 Å². The molecule has 0 saturated carbocycles. The summed E-state index contributed by atoms with van der Waals surface area (Å²) in [6, 6.07) is 0. The van der Waals surface area contributed by atoms with Crippen molar-refractivity contribution in [3.63, 3.8) is 0 Å². The van der Waals surface area contributed by atoms with E-state index in [1.165, 1.54) is 6.33 Å². The number of aromatic nitrogens is 3. The number of H-pyrrole nitrogens is 1. The van der Waals surface area contributed by atoms with Crippen LogP contribution in [0.2, 0.25) is 0 Å². The second kappa shape index (κ2) is 4.22. The van der Waals surface area contributed by atoms with E-state index in [4.69, 9.17) is 0 Å². The molecule has 1 N–H and O–H groups in total. The largest absolute Gasteiger partial charge is 0.260 e. The van der Waals surface area contributed by atoms with Gasteiger partial charge in [-0.3, -0.25) is 5.10 Å². The first-order valence-corrected chi connectivity index (χ1v) is 4.13. The molecule has 1 aromatic rings. The molecule has 0 amide bonds. The van der Waals surface area contributed by atoms with Crippen LogP contribution in [0.15, 0.2) is 12.4 Å². The van der Waals surface area contributed by atoms with Gasteiger partial charge in [0.25, 0.3) is 0 Å². The number of aromatic amines is 1. The van der Waals surface area contributed by atoms with E-state index in [0.717, 1.165) is 17.6 Å². The van der Waals surface area contributed by atoms with Crippen LogP contribution in [0.3, 0.4) is 0 Å². The van der Waals surface area contributed by atoms with E-state index >= 15 is 0 Å². The Morgan fingerprint density at radius 3 is 3.20 bits per heavy atom. The number of nitrogens with zero attached hydrogens (tertiary/aromatic N) is 2. The summed E-state index contributed by atoms with van der Waals surface area (Å²) in [7, 11) is 0. The lowest BCUT2D eigenvalue weighted by Crippen LogP contribution is -1.74. The molecular weight excluding hydrogens is 194 g/mol. The molecule has 1 heterocycles. The van der Waals surface area contributed by atoms with Crippen molar-refractivity contribution < 1.29 is 0 Å². The summed E-state index contributed by atoms with van der Waals surface area (Å²) >= 11 is 3.32. The highest BCUT2D eigenvalue weighted by atomic mass is 79.9. The van der Waals surface area contributed by atoms with Gasteiger partial charge in [-0.05, 0) is 12.5 Å². The second-order valence-corrected chi connectivity index (χ2v) is 2.54. The Kier molecular flexibility index (Phi) is 3.15. The van der Waals surface area contributed by atoms with E-state index in [1.807, 2.05) is 12.2 Å². The molecule has 10 heavy (non-hydrogen) atoms. The Bertz CT molecular complexity index is 193. The van der Waals surface area contributed by atoms with Crippen molar-refractivity contribution in [1.82, 2.24) is 15.2 Å². The topological polar surface area (TPSA) is 41.6 Å². The third-order valence-corrected chi connectivity index (χ3v) is 1.44. The van der Waals surface area contributed by atoms with Gasteiger partial charge in [0.05, 0.1) is 0 Å². The van der Waals surface area contributed by atoms with Crippen LogP contribution in [0.1, 0.15) is 12.2 Å². The van der Waals surface area contributed by atoms with Gasteiger partial charge in [-0.2, -0.15) is 5.10 Å². The summed E-state index contributed by atoms with van der Waals surface area (Å²) in [5.41, 5.74) is 0. The van der Waals surface area contributed by atoms with Crippen molar-refractivity contribution >= 4 is 22.0 Å². The lowest BCUT2D eigenvalue weighted by atomic mass is 10.4. The minimum absolute atomic E-state index is 0.806. The maximum absolute atomic E-state index is 3.92. The number of hydrogen-bond donors (Lipinski definition) is 1.